The lowest BCUT2D eigenvalue weighted by atomic mass is 10.3. The fraction of sp³-hybridized carbons (Fsp3) is 0.250. The van der Waals surface area contributed by atoms with Crippen molar-refractivity contribution >= 4 is 5.65 Å². The first kappa shape index (κ1) is 8.15. The van der Waals surface area contributed by atoms with E-state index in [4.69, 9.17) is 10.8 Å². The second-order valence-electron chi connectivity index (χ2n) is 2.76. The summed E-state index contributed by atoms with van der Waals surface area (Å²) in [5.74, 6) is 0.466. The van der Waals surface area contributed by atoms with Crippen LogP contribution >= 0.6 is 0 Å². The largest absolute Gasteiger partial charge is 0.394 e. The van der Waals surface area contributed by atoms with Gasteiger partial charge in [0.05, 0.1) is 12.6 Å². The Morgan fingerprint density at radius 1 is 1.54 bits per heavy atom. The fourth-order valence-electron chi connectivity index (χ4n) is 1.09. The lowest BCUT2D eigenvalue weighted by Crippen LogP contribution is -2.16. The van der Waals surface area contributed by atoms with Gasteiger partial charge in [-0.15, -0.1) is 5.10 Å². The quantitative estimate of drug-likeness (QED) is 0.663. The molecule has 1 atom stereocenters. The first-order valence-electron chi connectivity index (χ1n) is 3.99. The molecule has 0 amide bonds. The third kappa shape index (κ3) is 1.39. The van der Waals surface area contributed by atoms with Crippen molar-refractivity contribution in [2.24, 2.45) is 5.73 Å². The van der Waals surface area contributed by atoms with Crippen LogP contribution < -0.4 is 5.73 Å². The molecule has 68 valence electrons. The first-order valence-corrected chi connectivity index (χ1v) is 3.99. The number of aliphatic hydroxyl groups is 1. The lowest BCUT2D eigenvalue weighted by Gasteiger charge is -1.99. The molecule has 5 heteroatoms. The van der Waals surface area contributed by atoms with Gasteiger partial charge in [-0.1, -0.05) is 6.07 Å². The average Bonchev–Trinajstić information content (AvgIpc) is 2.59. The maximum Gasteiger partial charge on any atom is 0.170 e. The summed E-state index contributed by atoms with van der Waals surface area (Å²) in [6.45, 7) is -0.142. The van der Waals surface area contributed by atoms with Gasteiger partial charge in [0.25, 0.3) is 0 Å². The van der Waals surface area contributed by atoms with Crippen LogP contribution in [0.3, 0.4) is 0 Å². The predicted molar refractivity (Wildman–Crippen MR) is 47.0 cm³/mol. The van der Waals surface area contributed by atoms with Gasteiger partial charge >= 0.3 is 0 Å². The first-order chi connectivity index (χ1) is 6.31. The number of hydrogen-bond donors (Lipinski definition) is 2. The zero-order valence-electron chi connectivity index (χ0n) is 6.96. The van der Waals surface area contributed by atoms with Crippen LogP contribution in [0.1, 0.15) is 11.9 Å². The molecule has 0 fully saturated rings. The molecule has 2 aromatic rings. The Balaban J connectivity index is 2.49. The van der Waals surface area contributed by atoms with Crippen molar-refractivity contribution in [3.63, 3.8) is 0 Å². The number of rotatable bonds is 2. The molecule has 0 aliphatic rings. The number of nitrogens with zero attached hydrogens (tertiary/aromatic N) is 3. The topological polar surface area (TPSA) is 76.4 Å². The zero-order valence-corrected chi connectivity index (χ0v) is 6.96. The molecule has 0 spiro atoms. The Kier molecular flexibility index (Phi) is 1.96. The Labute approximate surface area is 74.8 Å². The highest BCUT2D eigenvalue weighted by Gasteiger charge is 2.10. The molecule has 0 aliphatic carbocycles. The molecular formula is C8H10N4O. The molecule has 0 aliphatic heterocycles. The maximum atomic E-state index is 8.80. The van der Waals surface area contributed by atoms with Crippen LogP contribution in [0.25, 0.3) is 5.65 Å². The third-order valence-electron chi connectivity index (χ3n) is 1.79. The van der Waals surface area contributed by atoms with Gasteiger partial charge in [0.1, 0.15) is 0 Å². The fourth-order valence-corrected chi connectivity index (χ4v) is 1.09. The Morgan fingerprint density at radius 2 is 2.38 bits per heavy atom. The number of aromatic nitrogens is 3. The SMILES string of the molecule is NC(CO)c1nc2ccccn2n1. The van der Waals surface area contributed by atoms with E-state index in [2.05, 4.69) is 10.1 Å². The van der Waals surface area contributed by atoms with Crippen LogP contribution in [-0.4, -0.2) is 26.3 Å². The summed E-state index contributed by atoms with van der Waals surface area (Å²) in [4.78, 5) is 4.15. The number of nitrogens with two attached hydrogens (primary N) is 1. The third-order valence-corrected chi connectivity index (χ3v) is 1.79. The molecule has 0 saturated carbocycles. The number of aliphatic hydroxyl groups excluding tert-OH is 1. The van der Waals surface area contributed by atoms with Crippen LogP contribution in [0.2, 0.25) is 0 Å². The van der Waals surface area contributed by atoms with E-state index in [1.165, 1.54) is 0 Å². The van der Waals surface area contributed by atoms with Gasteiger partial charge in [-0.2, -0.15) is 0 Å². The molecule has 0 saturated heterocycles. The number of pyridine rings is 1. The number of fused-ring (bicyclic) bond motifs is 1. The van der Waals surface area contributed by atoms with Crippen LogP contribution in [0.15, 0.2) is 24.4 Å². The van der Waals surface area contributed by atoms with E-state index in [1.807, 2.05) is 18.2 Å². The van der Waals surface area contributed by atoms with Gasteiger partial charge in [0.2, 0.25) is 0 Å². The van der Waals surface area contributed by atoms with Crippen LogP contribution in [-0.2, 0) is 0 Å². The smallest absolute Gasteiger partial charge is 0.170 e. The van der Waals surface area contributed by atoms with Crippen molar-refractivity contribution in [2.75, 3.05) is 6.61 Å². The second-order valence-corrected chi connectivity index (χ2v) is 2.76. The van der Waals surface area contributed by atoms with E-state index in [0.29, 0.717) is 5.82 Å². The highest BCUT2D eigenvalue weighted by atomic mass is 16.3. The molecule has 0 aromatic carbocycles. The summed E-state index contributed by atoms with van der Waals surface area (Å²) in [5, 5.41) is 12.9. The van der Waals surface area contributed by atoms with Gasteiger partial charge in [-0.25, -0.2) is 9.50 Å². The van der Waals surface area contributed by atoms with Gasteiger partial charge < -0.3 is 10.8 Å². The van der Waals surface area contributed by atoms with Crippen LogP contribution in [0.4, 0.5) is 0 Å². The average molecular weight is 178 g/mol. The predicted octanol–water partition coefficient (Wildman–Crippen LogP) is -0.279. The van der Waals surface area contributed by atoms with Crippen LogP contribution in [0.5, 0.6) is 0 Å². The van der Waals surface area contributed by atoms with E-state index in [-0.39, 0.29) is 6.61 Å². The van der Waals surface area contributed by atoms with E-state index in [9.17, 15) is 0 Å². The van der Waals surface area contributed by atoms with E-state index < -0.39 is 6.04 Å². The van der Waals surface area contributed by atoms with Crippen molar-refractivity contribution in [1.82, 2.24) is 14.6 Å². The summed E-state index contributed by atoms with van der Waals surface area (Å²) in [7, 11) is 0. The molecule has 2 aromatic heterocycles. The molecule has 2 rings (SSSR count). The lowest BCUT2D eigenvalue weighted by molar-refractivity contribution is 0.263. The molecule has 5 nitrogen and oxygen atoms in total. The minimum atomic E-state index is -0.500. The minimum Gasteiger partial charge on any atom is -0.394 e. The second kappa shape index (κ2) is 3.12. The van der Waals surface area contributed by atoms with Gasteiger partial charge in [-0.05, 0) is 12.1 Å². The molecule has 1 unspecified atom stereocenters. The molecule has 13 heavy (non-hydrogen) atoms. The Hall–Kier alpha value is -1.46. The standard InChI is InChI=1S/C8H10N4O/c9-6(5-13)8-10-7-3-1-2-4-12(7)11-8/h1-4,6,13H,5,9H2. The Bertz CT molecular complexity index is 378. The van der Waals surface area contributed by atoms with Crippen molar-refractivity contribution in [2.45, 2.75) is 6.04 Å². The highest BCUT2D eigenvalue weighted by Crippen LogP contribution is 2.06. The Morgan fingerprint density at radius 3 is 3.08 bits per heavy atom. The van der Waals surface area contributed by atoms with Gasteiger partial charge in [-0.3, -0.25) is 0 Å². The van der Waals surface area contributed by atoms with E-state index in [0.717, 1.165) is 5.65 Å². The van der Waals surface area contributed by atoms with E-state index in [1.54, 1.807) is 10.7 Å². The normalized spacial score (nSPS) is 13.4. The summed E-state index contributed by atoms with van der Waals surface area (Å²) in [6.07, 6.45) is 1.79. The summed E-state index contributed by atoms with van der Waals surface area (Å²) in [6, 6.07) is 5.06. The molecular weight excluding hydrogens is 168 g/mol. The highest BCUT2D eigenvalue weighted by molar-refractivity contribution is 5.36. The maximum absolute atomic E-state index is 8.80. The molecule has 0 bridgehead atoms. The zero-order chi connectivity index (χ0) is 9.26. The summed E-state index contributed by atoms with van der Waals surface area (Å²) in [5.41, 5.74) is 6.31. The van der Waals surface area contributed by atoms with Crippen molar-refractivity contribution in [3.05, 3.63) is 30.2 Å². The van der Waals surface area contributed by atoms with Crippen molar-refractivity contribution < 1.29 is 5.11 Å². The van der Waals surface area contributed by atoms with E-state index >= 15 is 0 Å². The molecule has 2 heterocycles. The van der Waals surface area contributed by atoms with Gasteiger partial charge in [0.15, 0.2) is 11.5 Å². The molecule has 3 N–H and O–H groups in total. The van der Waals surface area contributed by atoms with Crippen molar-refractivity contribution in [1.29, 1.82) is 0 Å². The van der Waals surface area contributed by atoms with Crippen LogP contribution in [0, 0.1) is 0 Å². The molecule has 0 radical (unpaired) electrons. The summed E-state index contributed by atoms with van der Waals surface area (Å²) < 4.78 is 1.63. The van der Waals surface area contributed by atoms with Gasteiger partial charge in [0, 0.05) is 6.20 Å². The number of hydrogen-bond acceptors (Lipinski definition) is 4. The minimum absolute atomic E-state index is 0.142. The van der Waals surface area contributed by atoms with Crippen molar-refractivity contribution in [3.8, 4) is 0 Å². The summed E-state index contributed by atoms with van der Waals surface area (Å²) >= 11 is 0. The monoisotopic (exact) mass is 178 g/mol.